The highest BCUT2D eigenvalue weighted by atomic mass is 19.4. The molecule has 2 aromatic rings. The fourth-order valence-electron chi connectivity index (χ4n) is 2.69. The lowest BCUT2D eigenvalue weighted by atomic mass is 10.0. The molecule has 6 nitrogen and oxygen atoms in total. The third-order valence-electron chi connectivity index (χ3n) is 3.98. The molecule has 10 heteroatoms. The number of alkyl halides is 3. The number of aromatic nitrogens is 3. The highest BCUT2D eigenvalue weighted by Crippen LogP contribution is 2.32. The maximum atomic E-state index is 13.7. The van der Waals surface area contributed by atoms with E-state index in [9.17, 15) is 22.4 Å². The number of amides is 1. The highest BCUT2D eigenvalue weighted by molar-refractivity contribution is 5.94. The van der Waals surface area contributed by atoms with Crippen molar-refractivity contribution in [2.45, 2.75) is 18.7 Å². The minimum absolute atomic E-state index is 0.111. The Labute approximate surface area is 139 Å². The lowest BCUT2D eigenvalue weighted by molar-refractivity contribution is -0.137. The molecule has 1 aromatic carbocycles. The largest absolute Gasteiger partial charge is 0.416 e. The van der Waals surface area contributed by atoms with Crippen molar-refractivity contribution >= 4 is 5.91 Å². The van der Waals surface area contributed by atoms with E-state index in [0.717, 1.165) is 0 Å². The van der Waals surface area contributed by atoms with Gasteiger partial charge in [0.15, 0.2) is 5.82 Å². The number of ether oxygens (including phenoxy) is 1. The molecule has 25 heavy (non-hydrogen) atoms. The number of carbonyl (C=O) groups excluding carboxylic acids is 1. The van der Waals surface area contributed by atoms with Crippen LogP contribution in [-0.2, 0) is 10.9 Å². The van der Waals surface area contributed by atoms with Gasteiger partial charge in [0.25, 0.3) is 5.91 Å². The molecule has 134 valence electrons. The SMILES string of the molecule is O=C(NC[C@@H]1CCO[C@@H]1c1ncn[nH]1)c1cc(C(F)(F)F)ccc1F. The van der Waals surface area contributed by atoms with E-state index in [1.54, 1.807) is 0 Å². The van der Waals surface area contributed by atoms with Crippen molar-refractivity contribution in [1.29, 1.82) is 0 Å². The van der Waals surface area contributed by atoms with Crippen molar-refractivity contribution in [1.82, 2.24) is 20.5 Å². The van der Waals surface area contributed by atoms with Crippen LogP contribution in [0.3, 0.4) is 0 Å². The summed E-state index contributed by atoms with van der Waals surface area (Å²) in [5, 5.41) is 8.87. The molecule has 0 unspecified atom stereocenters. The molecule has 2 heterocycles. The van der Waals surface area contributed by atoms with Gasteiger partial charge in [-0.2, -0.15) is 18.3 Å². The van der Waals surface area contributed by atoms with Crippen LogP contribution in [0.5, 0.6) is 0 Å². The van der Waals surface area contributed by atoms with Crippen LogP contribution in [0.4, 0.5) is 17.6 Å². The summed E-state index contributed by atoms with van der Waals surface area (Å²) in [4.78, 5) is 16.1. The minimum atomic E-state index is -4.65. The molecule has 1 saturated heterocycles. The highest BCUT2D eigenvalue weighted by Gasteiger charge is 2.34. The Hall–Kier alpha value is -2.49. The molecule has 2 N–H and O–H groups in total. The van der Waals surface area contributed by atoms with E-state index in [4.69, 9.17) is 4.74 Å². The average molecular weight is 358 g/mol. The number of hydrogen-bond donors (Lipinski definition) is 2. The Morgan fingerprint density at radius 2 is 2.20 bits per heavy atom. The number of halogens is 4. The zero-order valence-electron chi connectivity index (χ0n) is 12.8. The second-order valence-corrected chi connectivity index (χ2v) is 5.61. The molecule has 1 amide bonds. The van der Waals surface area contributed by atoms with Crippen LogP contribution >= 0.6 is 0 Å². The van der Waals surface area contributed by atoms with Crippen LogP contribution in [0.15, 0.2) is 24.5 Å². The first-order chi connectivity index (χ1) is 11.9. The minimum Gasteiger partial charge on any atom is -0.370 e. The fourth-order valence-corrected chi connectivity index (χ4v) is 2.69. The maximum absolute atomic E-state index is 13.7. The zero-order valence-corrected chi connectivity index (χ0v) is 12.8. The molecule has 1 aromatic heterocycles. The van der Waals surface area contributed by atoms with Crippen LogP contribution in [-0.4, -0.2) is 34.2 Å². The van der Waals surface area contributed by atoms with Crippen molar-refractivity contribution in [3.63, 3.8) is 0 Å². The third-order valence-corrected chi connectivity index (χ3v) is 3.98. The van der Waals surface area contributed by atoms with Gasteiger partial charge in [0.1, 0.15) is 18.2 Å². The van der Waals surface area contributed by atoms with E-state index >= 15 is 0 Å². The van der Waals surface area contributed by atoms with Gasteiger partial charge in [0, 0.05) is 19.1 Å². The molecule has 0 aliphatic carbocycles. The number of benzene rings is 1. The number of hydrogen-bond acceptors (Lipinski definition) is 4. The summed E-state index contributed by atoms with van der Waals surface area (Å²) in [5.74, 6) is -1.57. The van der Waals surface area contributed by atoms with Gasteiger partial charge in [-0.1, -0.05) is 0 Å². The molecule has 1 aliphatic heterocycles. The number of nitrogens with one attached hydrogen (secondary N) is 2. The van der Waals surface area contributed by atoms with E-state index in [1.807, 2.05) is 0 Å². The number of aromatic amines is 1. The van der Waals surface area contributed by atoms with E-state index in [1.165, 1.54) is 6.33 Å². The Kier molecular flexibility index (Phi) is 4.71. The van der Waals surface area contributed by atoms with Crippen molar-refractivity contribution in [3.05, 3.63) is 47.3 Å². The molecule has 1 fully saturated rings. The number of H-pyrrole nitrogens is 1. The Bertz CT molecular complexity index is 748. The van der Waals surface area contributed by atoms with Gasteiger partial charge < -0.3 is 10.1 Å². The molecule has 0 saturated carbocycles. The van der Waals surface area contributed by atoms with Crippen LogP contribution < -0.4 is 5.32 Å². The Balaban J connectivity index is 1.68. The van der Waals surface area contributed by atoms with E-state index < -0.39 is 35.1 Å². The quantitative estimate of drug-likeness (QED) is 0.823. The number of rotatable bonds is 4. The molecule has 0 spiro atoms. The molecule has 0 radical (unpaired) electrons. The molecule has 2 atom stereocenters. The summed E-state index contributed by atoms with van der Waals surface area (Å²) in [7, 11) is 0. The monoisotopic (exact) mass is 358 g/mol. The van der Waals surface area contributed by atoms with Crippen molar-refractivity contribution in [2.24, 2.45) is 5.92 Å². The van der Waals surface area contributed by atoms with E-state index in [0.29, 0.717) is 37.1 Å². The smallest absolute Gasteiger partial charge is 0.370 e. The standard InChI is InChI=1S/C15H14F4N4O2/c16-11-2-1-9(15(17,18)19)5-10(11)14(24)20-6-8-3-4-25-12(8)13-21-7-22-23-13/h1-2,5,7-8,12H,3-4,6H2,(H,20,24)(H,21,22,23)/t8-,12-/m0/s1. The van der Waals surface area contributed by atoms with Gasteiger partial charge in [-0.25, -0.2) is 9.37 Å². The van der Waals surface area contributed by atoms with Gasteiger partial charge >= 0.3 is 6.18 Å². The zero-order chi connectivity index (χ0) is 18.0. The first-order valence-electron chi connectivity index (χ1n) is 7.48. The summed E-state index contributed by atoms with van der Waals surface area (Å²) >= 11 is 0. The number of nitrogens with zero attached hydrogens (tertiary/aromatic N) is 2. The van der Waals surface area contributed by atoms with Gasteiger partial charge in [0.2, 0.25) is 0 Å². The lowest BCUT2D eigenvalue weighted by Crippen LogP contribution is -2.31. The molecule has 1 aliphatic rings. The second kappa shape index (κ2) is 6.79. The molecular formula is C15H14F4N4O2. The number of carbonyl (C=O) groups is 1. The van der Waals surface area contributed by atoms with Crippen molar-refractivity contribution in [3.8, 4) is 0 Å². The van der Waals surface area contributed by atoms with Gasteiger partial charge in [-0.3, -0.25) is 9.89 Å². The summed E-state index contributed by atoms with van der Waals surface area (Å²) in [6, 6.07) is 1.73. The van der Waals surface area contributed by atoms with E-state index in [-0.39, 0.29) is 12.5 Å². The Morgan fingerprint density at radius 1 is 1.40 bits per heavy atom. The van der Waals surface area contributed by atoms with E-state index in [2.05, 4.69) is 20.5 Å². The van der Waals surface area contributed by atoms with Gasteiger partial charge in [-0.15, -0.1) is 0 Å². The lowest BCUT2D eigenvalue weighted by Gasteiger charge is -2.17. The predicted octanol–water partition coefficient (Wildman–Crippen LogP) is 2.47. The van der Waals surface area contributed by atoms with Crippen molar-refractivity contribution in [2.75, 3.05) is 13.2 Å². The van der Waals surface area contributed by atoms with Crippen molar-refractivity contribution < 1.29 is 27.1 Å². The third kappa shape index (κ3) is 3.78. The summed E-state index contributed by atoms with van der Waals surface area (Å²) in [5.41, 5.74) is -1.73. The Morgan fingerprint density at radius 3 is 2.88 bits per heavy atom. The fraction of sp³-hybridized carbons (Fsp3) is 0.400. The molecule has 3 rings (SSSR count). The van der Waals surface area contributed by atoms with Crippen LogP contribution in [0.2, 0.25) is 0 Å². The average Bonchev–Trinajstić information content (AvgIpc) is 3.22. The first kappa shape index (κ1) is 17.3. The maximum Gasteiger partial charge on any atom is 0.416 e. The summed E-state index contributed by atoms with van der Waals surface area (Å²) < 4.78 is 57.4. The summed E-state index contributed by atoms with van der Waals surface area (Å²) in [6.45, 7) is 0.559. The summed E-state index contributed by atoms with van der Waals surface area (Å²) in [6.07, 6.45) is -3.12. The second-order valence-electron chi connectivity index (χ2n) is 5.61. The van der Waals surface area contributed by atoms with Crippen LogP contribution in [0, 0.1) is 11.7 Å². The van der Waals surface area contributed by atoms with Gasteiger partial charge in [0.05, 0.1) is 11.1 Å². The van der Waals surface area contributed by atoms with Gasteiger partial charge in [-0.05, 0) is 24.6 Å². The normalized spacial score (nSPS) is 20.6. The topological polar surface area (TPSA) is 79.9 Å². The molecule has 0 bridgehead atoms. The molecular weight excluding hydrogens is 344 g/mol. The van der Waals surface area contributed by atoms with Crippen LogP contribution in [0.1, 0.15) is 34.3 Å². The first-order valence-corrected chi connectivity index (χ1v) is 7.48. The predicted molar refractivity (Wildman–Crippen MR) is 76.9 cm³/mol. The van der Waals surface area contributed by atoms with Crippen LogP contribution in [0.25, 0.3) is 0 Å².